The van der Waals surface area contributed by atoms with Crippen molar-refractivity contribution in [3.05, 3.63) is 54.4 Å². The highest BCUT2D eigenvalue weighted by atomic mass is 15.1. The lowest BCUT2D eigenvalue weighted by Crippen LogP contribution is -2.10. The third kappa shape index (κ3) is 3.41. The molecule has 3 heterocycles. The first-order valence-electron chi connectivity index (χ1n) is 7.98. The number of fused-ring (bicyclic) bond motifs is 1. The zero-order chi connectivity index (χ0) is 18.5. The first kappa shape index (κ1) is 17.2. The molecule has 0 saturated heterocycles. The number of imidazole rings is 1. The van der Waals surface area contributed by atoms with E-state index in [0.29, 0.717) is 17.1 Å². The summed E-state index contributed by atoms with van der Waals surface area (Å²) in [4.78, 5) is 12.9. The second-order valence-electron chi connectivity index (χ2n) is 5.59. The highest BCUT2D eigenvalue weighted by Gasteiger charge is 2.14. The Morgan fingerprint density at radius 3 is 2.92 bits per heavy atom. The van der Waals surface area contributed by atoms with Crippen LogP contribution in [0.15, 0.2) is 48.2 Å². The molecule has 4 N–H and O–H groups in total. The Kier molecular flexibility index (Phi) is 4.97. The summed E-state index contributed by atoms with van der Waals surface area (Å²) in [6, 6.07) is 3.83. The molecule has 9 nitrogen and oxygen atoms in total. The van der Waals surface area contributed by atoms with Gasteiger partial charge < -0.3 is 20.4 Å². The normalized spacial score (nSPS) is 12.6. The summed E-state index contributed by atoms with van der Waals surface area (Å²) in [7, 11) is 1.75. The van der Waals surface area contributed by atoms with Gasteiger partial charge in [-0.3, -0.25) is 0 Å². The average Bonchev–Trinajstić information content (AvgIpc) is 3.13. The van der Waals surface area contributed by atoms with Gasteiger partial charge >= 0.3 is 0 Å². The van der Waals surface area contributed by atoms with Gasteiger partial charge in [-0.2, -0.15) is 0 Å². The predicted molar refractivity (Wildman–Crippen MR) is 99.9 cm³/mol. The van der Waals surface area contributed by atoms with Crippen molar-refractivity contribution in [2.75, 3.05) is 12.4 Å². The second-order valence-corrected chi connectivity index (χ2v) is 5.59. The number of pyridine rings is 1. The summed E-state index contributed by atoms with van der Waals surface area (Å²) in [6.45, 7) is 1.99. The van der Waals surface area contributed by atoms with Gasteiger partial charge in [0.05, 0.1) is 17.9 Å². The number of nitrogens with one attached hydrogen (secondary N) is 4. The lowest BCUT2D eigenvalue weighted by Gasteiger charge is -2.16. The molecule has 3 aromatic rings. The van der Waals surface area contributed by atoms with Gasteiger partial charge in [0.25, 0.3) is 0 Å². The summed E-state index contributed by atoms with van der Waals surface area (Å²) in [5.41, 5.74) is 10.3. The lowest BCUT2D eigenvalue weighted by molar-refractivity contribution is 0.856. The molecule has 0 unspecified atom stereocenters. The predicted octanol–water partition coefficient (Wildman–Crippen LogP) is 3.17. The van der Waals surface area contributed by atoms with Crippen LogP contribution in [0.1, 0.15) is 24.2 Å². The van der Waals surface area contributed by atoms with E-state index in [0.717, 1.165) is 11.2 Å². The van der Waals surface area contributed by atoms with Gasteiger partial charge in [0.1, 0.15) is 5.65 Å². The minimum atomic E-state index is -0.0939. The van der Waals surface area contributed by atoms with Crippen molar-refractivity contribution < 1.29 is 0 Å². The molecule has 26 heavy (non-hydrogen) atoms. The van der Waals surface area contributed by atoms with E-state index >= 15 is 0 Å². The van der Waals surface area contributed by atoms with E-state index in [4.69, 9.17) is 10.9 Å². The summed E-state index contributed by atoms with van der Waals surface area (Å²) in [6.07, 6.45) is 9.96. The Labute approximate surface area is 150 Å². The highest BCUT2D eigenvalue weighted by molar-refractivity contribution is 6.07. The van der Waals surface area contributed by atoms with Crippen LogP contribution in [0.4, 0.5) is 11.6 Å². The average molecular weight is 349 g/mol. The van der Waals surface area contributed by atoms with E-state index in [9.17, 15) is 0 Å². The molecule has 0 aliphatic rings. The third-order valence-electron chi connectivity index (χ3n) is 3.88. The Hall–Kier alpha value is -3.62. The quantitative estimate of drug-likeness (QED) is 0.385. The largest absolute Gasteiger partial charge is 0.393 e. The van der Waals surface area contributed by atoms with Crippen LogP contribution in [0, 0.1) is 10.9 Å². The van der Waals surface area contributed by atoms with Crippen molar-refractivity contribution in [3.8, 4) is 0 Å². The fourth-order valence-corrected chi connectivity index (χ4v) is 2.53. The molecule has 0 aliphatic carbocycles. The van der Waals surface area contributed by atoms with Gasteiger partial charge in [-0.05, 0) is 18.6 Å². The molecule has 0 radical (unpaired) electrons. The second kappa shape index (κ2) is 7.51. The van der Waals surface area contributed by atoms with Crippen LogP contribution in [0.5, 0.6) is 0 Å². The summed E-state index contributed by atoms with van der Waals surface area (Å²) >= 11 is 0. The van der Waals surface area contributed by atoms with Crippen LogP contribution in [-0.4, -0.2) is 32.6 Å². The van der Waals surface area contributed by atoms with Crippen molar-refractivity contribution in [1.82, 2.24) is 24.7 Å². The number of hydrogen-bond donors (Lipinski definition) is 4. The molecule has 0 bridgehead atoms. The summed E-state index contributed by atoms with van der Waals surface area (Å²) < 4.78 is 1.94. The van der Waals surface area contributed by atoms with Crippen LogP contribution in [0.3, 0.4) is 0 Å². The number of anilines is 1. The molecule has 0 amide bonds. The van der Waals surface area contributed by atoms with E-state index in [1.165, 1.54) is 12.4 Å². The van der Waals surface area contributed by atoms with Crippen molar-refractivity contribution in [2.45, 2.75) is 13.0 Å². The van der Waals surface area contributed by atoms with Gasteiger partial charge in [-0.15, -0.1) is 5.11 Å². The highest BCUT2D eigenvalue weighted by Crippen LogP contribution is 2.26. The van der Waals surface area contributed by atoms with E-state index < -0.39 is 0 Å². The smallest absolute Gasteiger partial charge is 0.216 e. The molecule has 0 fully saturated rings. The monoisotopic (exact) mass is 349 g/mol. The van der Waals surface area contributed by atoms with Gasteiger partial charge in [0, 0.05) is 43.6 Å². The van der Waals surface area contributed by atoms with Crippen molar-refractivity contribution in [2.24, 2.45) is 5.11 Å². The molecule has 0 aromatic carbocycles. The van der Waals surface area contributed by atoms with Gasteiger partial charge in [-0.1, -0.05) is 6.07 Å². The van der Waals surface area contributed by atoms with Crippen molar-refractivity contribution >= 4 is 29.1 Å². The molecular formula is C17H19N9. The molecule has 0 spiro atoms. The van der Waals surface area contributed by atoms with Gasteiger partial charge in [0.15, 0.2) is 5.82 Å². The van der Waals surface area contributed by atoms with E-state index in [2.05, 4.69) is 30.7 Å². The van der Waals surface area contributed by atoms with E-state index in [-0.39, 0.29) is 11.9 Å². The summed E-state index contributed by atoms with van der Waals surface area (Å²) in [5, 5.41) is 17.1. The topological polar surface area (TPSA) is 127 Å². The molecule has 0 aliphatic heterocycles. The number of hydrogen-bond acceptors (Lipinski definition) is 8. The van der Waals surface area contributed by atoms with Gasteiger partial charge in [-0.25, -0.2) is 20.5 Å². The van der Waals surface area contributed by atoms with Crippen LogP contribution in [-0.2, 0) is 0 Å². The maximum atomic E-state index is 7.52. The Morgan fingerprint density at radius 2 is 2.19 bits per heavy atom. The standard InChI is InChI=1S/C17H19N9/c1-11(12-3-4-15-21-5-6-26(15)10-12)23-17-16(25-19)22-9-14(24-17)13(7-18)8-20-2/h3-11,18-20H,1-2H3,(H,23,24)/b13-8+,18-7?,25-19?/t11-/m0/s1. The molecule has 9 heteroatoms. The van der Waals surface area contributed by atoms with E-state index in [1.807, 2.05) is 35.9 Å². The fraction of sp³-hybridized carbons (Fsp3) is 0.176. The number of allylic oxidation sites excluding steroid dienone is 1. The lowest BCUT2D eigenvalue weighted by atomic mass is 10.1. The molecule has 1 atom stereocenters. The van der Waals surface area contributed by atoms with Crippen LogP contribution >= 0.6 is 0 Å². The fourth-order valence-electron chi connectivity index (χ4n) is 2.53. The van der Waals surface area contributed by atoms with Crippen LogP contribution < -0.4 is 10.6 Å². The maximum Gasteiger partial charge on any atom is 0.216 e. The first-order chi connectivity index (χ1) is 12.7. The maximum absolute atomic E-state index is 7.52. The molecular weight excluding hydrogens is 330 g/mol. The summed E-state index contributed by atoms with van der Waals surface area (Å²) in [5.74, 6) is 0.581. The first-order valence-corrected chi connectivity index (χ1v) is 7.98. The van der Waals surface area contributed by atoms with Crippen molar-refractivity contribution in [1.29, 1.82) is 10.9 Å². The van der Waals surface area contributed by atoms with Crippen LogP contribution in [0.25, 0.3) is 11.2 Å². The number of rotatable bonds is 7. The van der Waals surface area contributed by atoms with Crippen molar-refractivity contribution in [3.63, 3.8) is 0 Å². The molecule has 132 valence electrons. The molecule has 3 aromatic heterocycles. The number of aromatic nitrogens is 4. The van der Waals surface area contributed by atoms with Crippen LogP contribution in [0.2, 0.25) is 0 Å². The van der Waals surface area contributed by atoms with E-state index in [1.54, 1.807) is 19.4 Å². The Bertz CT molecular complexity index is 973. The minimum Gasteiger partial charge on any atom is -0.393 e. The minimum absolute atomic E-state index is 0.0939. The zero-order valence-corrected chi connectivity index (χ0v) is 14.4. The third-order valence-corrected chi connectivity index (χ3v) is 3.88. The zero-order valence-electron chi connectivity index (χ0n) is 14.4. The number of nitrogens with zero attached hydrogens (tertiary/aromatic N) is 5. The molecule has 3 rings (SSSR count). The van der Waals surface area contributed by atoms with Gasteiger partial charge in [0.2, 0.25) is 5.82 Å². The Morgan fingerprint density at radius 1 is 1.35 bits per heavy atom. The Balaban J connectivity index is 1.92. The molecule has 0 saturated carbocycles. The SMILES string of the molecule is CN/C=C(\C=N)c1cnc(N=N)c(N[C@@H](C)c2ccc3nccn3c2)n1.